The van der Waals surface area contributed by atoms with Gasteiger partial charge in [0.2, 0.25) is 59.1 Å². The lowest BCUT2D eigenvalue weighted by Gasteiger charge is -2.41. The summed E-state index contributed by atoms with van der Waals surface area (Å²) in [5.41, 5.74) is 0. The van der Waals surface area contributed by atoms with Crippen LogP contribution in [0.4, 0.5) is 0 Å². The van der Waals surface area contributed by atoms with E-state index in [9.17, 15) is 48.3 Å². The van der Waals surface area contributed by atoms with Gasteiger partial charge in [-0.25, -0.2) is 0 Å². The van der Waals surface area contributed by atoms with Crippen LogP contribution in [-0.4, -0.2) is 233 Å². The molecule has 1 fully saturated rings. The molecule has 5 N–H and O–H groups in total. The zero-order chi connectivity index (χ0) is 66.7. The minimum absolute atomic E-state index is 0.0497. The summed E-state index contributed by atoms with van der Waals surface area (Å²) < 4.78 is 0. The Bertz CT molecular complexity index is 2340. The minimum Gasteiger partial charge on any atom is -0.390 e. The van der Waals surface area contributed by atoms with Crippen molar-refractivity contribution >= 4 is 64.9 Å². The normalized spacial score (nSPS) is 27.1. The van der Waals surface area contributed by atoms with Crippen LogP contribution in [0.5, 0.6) is 0 Å². The summed E-state index contributed by atoms with van der Waals surface area (Å²) in [5, 5.41) is 23.1. The van der Waals surface area contributed by atoms with E-state index in [1.165, 1.54) is 75.7 Å². The average molecular weight is 1220 g/mol. The van der Waals surface area contributed by atoms with Crippen LogP contribution in [0.2, 0.25) is 0 Å². The third-order valence-corrected chi connectivity index (χ3v) is 16.2. The van der Waals surface area contributed by atoms with Gasteiger partial charge in [-0.15, -0.1) is 0 Å². The molecule has 0 aromatic heterocycles. The van der Waals surface area contributed by atoms with Gasteiger partial charge in [0.25, 0.3) is 0 Å². The molecule has 1 rings (SSSR count). The number of nitrogens with zero attached hydrogens (tertiary/aromatic N) is 7. The Morgan fingerprint density at radius 3 is 1.36 bits per heavy atom. The van der Waals surface area contributed by atoms with Gasteiger partial charge < -0.3 is 55.8 Å². The van der Waals surface area contributed by atoms with Crippen LogP contribution in [-0.2, 0) is 52.7 Å². The lowest BCUT2D eigenvalue weighted by atomic mass is 9.91. The SMILES string of the molecule is C/C=C/CC(C)C(O)C1C(=O)NC(CC)C(=O)N(C)CC(=O)CN(C)C(CC(C)C)C(=O)NC(C(C)C)C(=O)N(C)C(CC(C)C)C(=O)NC(C)C(=O)NC(C)C(=O)N(C)C(CC(C)C)C(=O)N(C)C(CC(C)C)C(=O)N(C)C(C(C)C)C(=O)N1C. The molecule has 0 aliphatic carbocycles. The maximum Gasteiger partial charge on any atom is 0.246 e. The highest BCUT2D eigenvalue weighted by Crippen LogP contribution is 2.25. The Morgan fingerprint density at radius 1 is 0.465 bits per heavy atom. The van der Waals surface area contributed by atoms with Gasteiger partial charge in [0.1, 0.15) is 54.4 Å². The Morgan fingerprint density at radius 2 is 0.895 bits per heavy atom. The second-order valence-electron chi connectivity index (χ2n) is 26.5. The molecule has 1 heterocycles. The zero-order valence-electron chi connectivity index (χ0n) is 56.8. The molecule has 12 atom stereocenters. The molecule has 0 aromatic rings. The molecule has 0 spiro atoms. The smallest absolute Gasteiger partial charge is 0.246 e. The standard InChI is InChI=1S/C63H113N11O12/c1-25-27-28-41(15)53(76)52-57(80)66-45(26-2)59(82)69(19)34-44(75)33-68(18)46(29-35(3)4)55(78)67-50(39(11)12)62(85)70(20)47(30-36(5)6)56(79)64-42(16)54(77)65-43(17)58(81)71(21)48(31-37(7)8)60(83)72(22)49(32-38(9)10)61(84)73(23)51(40(13)14)63(86)74(52)24/h25,27,35-43,45-53,76H,26,28-34H2,1-24H3,(H,64,79)(H,65,77)(H,66,80)(H,67,78)/b27-25+. The van der Waals surface area contributed by atoms with E-state index in [0.717, 1.165) is 9.80 Å². The second-order valence-corrected chi connectivity index (χ2v) is 26.5. The molecule has 0 radical (unpaired) electrons. The molecular weight excluding hydrogens is 1100 g/mol. The molecule has 0 bridgehead atoms. The molecular formula is C63H113N11O12. The van der Waals surface area contributed by atoms with Crippen molar-refractivity contribution in [3.8, 4) is 0 Å². The number of Topliss-reactive ketones (excluding diaryl/α,β-unsaturated/α-hetero) is 1. The van der Waals surface area contributed by atoms with Crippen molar-refractivity contribution in [1.29, 1.82) is 0 Å². The third kappa shape index (κ3) is 22.3. The van der Waals surface area contributed by atoms with Crippen molar-refractivity contribution in [1.82, 2.24) is 55.6 Å². The summed E-state index contributed by atoms with van der Waals surface area (Å²) in [6, 6.07) is -12.0. The fourth-order valence-electron chi connectivity index (χ4n) is 10.9. The van der Waals surface area contributed by atoms with Crippen LogP contribution in [0, 0.1) is 41.4 Å². The van der Waals surface area contributed by atoms with Crippen molar-refractivity contribution in [2.24, 2.45) is 41.4 Å². The van der Waals surface area contributed by atoms with Gasteiger partial charge in [0.15, 0.2) is 5.78 Å². The fourth-order valence-corrected chi connectivity index (χ4v) is 10.9. The van der Waals surface area contributed by atoms with Crippen LogP contribution in [0.15, 0.2) is 12.2 Å². The van der Waals surface area contributed by atoms with E-state index in [-0.39, 0.29) is 62.3 Å². The first-order valence-corrected chi connectivity index (χ1v) is 31.0. The summed E-state index contributed by atoms with van der Waals surface area (Å²) in [5.74, 6) is -9.11. The van der Waals surface area contributed by atoms with Gasteiger partial charge >= 0.3 is 0 Å². The first kappa shape index (κ1) is 78.0. The first-order chi connectivity index (χ1) is 39.7. The molecule has 86 heavy (non-hydrogen) atoms. The molecule has 1 aliphatic rings. The van der Waals surface area contributed by atoms with E-state index in [2.05, 4.69) is 21.3 Å². The minimum atomic E-state index is -1.59. The number of amides is 10. The summed E-state index contributed by atoms with van der Waals surface area (Å²) in [4.78, 5) is 169. The Kier molecular flexibility index (Phi) is 32.4. The number of rotatable bonds is 15. The summed E-state index contributed by atoms with van der Waals surface area (Å²) in [7, 11) is 10.2. The number of hydrogen-bond donors (Lipinski definition) is 5. The van der Waals surface area contributed by atoms with Crippen molar-refractivity contribution < 1.29 is 57.8 Å². The van der Waals surface area contributed by atoms with Crippen LogP contribution in [0.25, 0.3) is 0 Å². The molecule has 0 saturated carbocycles. The number of aliphatic hydroxyl groups excluding tert-OH is 1. The van der Waals surface area contributed by atoms with Gasteiger partial charge in [-0.1, -0.05) is 109 Å². The average Bonchev–Trinajstić information content (AvgIpc) is 1.42. The number of carbonyl (C=O) groups is 11. The number of ketones is 1. The maximum absolute atomic E-state index is 15.1. The number of carbonyl (C=O) groups excluding carboxylic acids is 11. The van der Waals surface area contributed by atoms with Crippen molar-refractivity contribution in [3.63, 3.8) is 0 Å². The van der Waals surface area contributed by atoms with Crippen LogP contribution in [0.3, 0.4) is 0 Å². The first-order valence-electron chi connectivity index (χ1n) is 31.0. The van der Waals surface area contributed by atoms with E-state index in [1.807, 2.05) is 61.5 Å². The fraction of sp³-hybridized carbons (Fsp3) is 0.794. The molecule has 23 heteroatoms. The molecule has 1 aliphatic heterocycles. The van der Waals surface area contributed by atoms with Gasteiger partial charge in [-0.2, -0.15) is 0 Å². The van der Waals surface area contributed by atoms with E-state index in [4.69, 9.17) is 0 Å². The lowest BCUT2D eigenvalue weighted by molar-refractivity contribution is -0.157. The number of hydrogen-bond acceptors (Lipinski definition) is 13. The second kappa shape index (κ2) is 35.7. The summed E-state index contributed by atoms with van der Waals surface area (Å²) in [6.45, 7) is 29.4. The zero-order valence-corrected chi connectivity index (χ0v) is 56.8. The molecule has 12 unspecified atom stereocenters. The predicted octanol–water partition coefficient (Wildman–Crippen LogP) is 3.31. The lowest BCUT2D eigenvalue weighted by Crippen LogP contribution is -2.63. The Hall–Kier alpha value is -5.97. The molecule has 23 nitrogen and oxygen atoms in total. The monoisotopic (exact) mass is 1220 g/mol. The Labute approximate surface area is 515 Å². The molecule has 10 amide bonds. The summed E-state index contributed by atoms with van der Waals surface area (Å²) >= 11 is 0. The van der Waals surface area contributed by atoms with Crippen LogP contribution >= 0.6 is 0 Å². The highest BCUT2D eigenvalue weighted by molar-refractivity contribution is 5.99. The number of aliphatic hydroxyl groups is 1. The van der Waals surface area contributed by atoms with E-state index >= 15 is 9.59 Å². The van der Waals surface area contributed by atoms with Crippen molar-refractivity contribution in [2.45, 2.75) is 223 Å². The van der Waals surface area contributed by atoms with Crippen molar-refractivity contribution in [2.75, 3.05) is 62.4 Å². The van der Waals surface area contributed by atoms with Crippen LogP contribution in [0.1, 0.15) is 156 Å². The molecule has 1 saturated heterocycles. The quantitative estimate of drug-likeness (QED) is 0.148. The van der Waals surface area contributed by atoms with Gasteiger partial charge in [0.05, 0.1) is 25.2 Å². The highest BCUT2D eigenvalue weighted by atomic mass is 16.3. The van der Waals surface area contributed by atoms with E-state index < -0.39 is 156 Å². The van der Waals surface area contributed by atoms with E-state index in [1.54, 1.807) is 66.5 Å². The van der Waals surface area contributed by atoms with Gasteiger partial charge in [-0.05, 0) is 108 Å². The van der Waals surface area contributed by atoms with Crippen LogP contribution < -0.4 is 21.3 Å². The van der Waals surface area contributed by atoms with Gasteiger partial charge in [-0.3, -0.25) is 57.6 Å². The van der Waals surface area contributed by atoms with Crippen molar-refractivity contribution in [3.05, 3.63) is 12.2 Å². The van der Waals surface area contributed by atoms with Gasteiger partial charge in [0, 0.05) is 42.3 Å². The number of allylic oxidation sites excluding steroid dienone is 2. The number of likely N-dealkylation sites (N-methyl/N-ethyl adjacent to an activating group) is 7. The third-order valence-electron chi connectivity index (χ3n) is 16.2. The Balaban J connectivity index is 4.27. The molecule has 0 aromatic carbocycles. The van der Waals surface area contributed by atoms with E-state index in [0.29, 0.717) is 6.42 Å². The highest BCUT2D eigenvalue weighted by Gasteiger charge is 2.45. The topological polar surface area (TPSA) is 279 Å². The number of nitrogens with one attached hydrogen (secondary N) is 4. The largest absolute Gasteiger partial charge is 0.390 e. The summed E-state index contributed by atoms with van der Waals surface area (Å²) in [6.07, 6.45) is 3.24. The maximum atomic E-state index is 15.1. The molecule has 492 valence electrons. The predicted molar refractivity (Wildman–Crippen MR) is 333 cm³/mol.